The SMILES string of the molecule is Cc1cccc(-c2ccc(N3CCCC(C(=O)Nc4cccc(Br)c4)C3)nn2)c1. The summed E-state index contributed by atoms with van der Waals surface area (Å²) in [5, 5.41) is 11.9. The molecule has 1 saturated heterocycles. The van der Waals surface area contributed by atoms with Crippen molar-refractivity contribution in [3.05, 3.63) is 70.7 Å². The minimum absolute atomic E-state index is 0.0529. The molecular weight excluding hydrogens is 428 g/mol. The number of rotatable bonds is 4. The number of carbonyl (C=O) groups is 1. The lowest BCUT2D eigenvalue weighted by Crippen LogP contribution is -2.41. The Bertz CT molecular complexity index is 1010. The smallest absolute Gasteiger partial charge is 0.229 e. The van der Waals surface area contributed by atoms with Gasteiger partial charge in [-0.2, -0.15) is 0 Å². The molecule has 1 aromatic heterocycles. The van der Waals surface area contributed by atoms with Crippen molar-refractivity contribution in [3.8, 4) is 11.3 Å². The highest BCUT2D eigenvalue weighted by Gasteiger charge is 2.27. The molecule has 0 spiro atoms. The van der Waals surface area contributed by atoms with E-state index in [1.165, 1.54) is 5.56 Å². The zero-order valence-corrected chi connectivity index (χ0v) is 17.9. The third-order valence-corrected chi connectivity index (χ3v) is 5.67. The van der Waals surface area contributed by atoms with E-state index in [1.807, 2.05) is 48.5 Å². The fourth-order valence-electron chi connectivity index (χ4n) is 3.66. The first-order chi connectivity index (χ1) is 14.1. The van der Waals surface area contributed by atoms with Gasteiger partial charge in [0.25, 0.3) is 0 Å². The number of amides is 1. The monoisotopic (exact) mass is 450 g/mol. The second kappa shape index (κ2) is 8.74. The van der Waals surface area contributed by atoms with Crippen LogP contribution in [-0.4, -0.2) is 29.2 Å². The van der Waals surface area contributed by atoms with E-state index in [-0.39, 0.29) is 11.8 Å². The number of anilines is 2. The Morgan fingerprint density at radius 3 is 2.72 bits per heavy atom. The number of nitrogens with zero attached hydrogens (tertiary/aromatic N) is 3. The average molecular weight is 451 g/mol. The van der Waals surface area contributed by atoms with E-state index in [9.17, 15) is 4.79 Å². The first-order valence-corrected chi connectivity index (χ1v) is 10.6. The minimum atomic E-state index is -0.0685. The van der Waals surface area contributed by atoms with E-state index in [0.717, 1.165) is 46.6 Å². The summed E-state index contributed by atoms with van der Waals surface area (Å²) in [4.78, 5) is 14.9. The number of benzene rings is 2. The van der Waals surface area contributed by atoms with Crippen LogP contribution in [0.1, 0.15) is 18.4 Å². The molecular formula is C23H23BrN4O. The van der Waals surface area contributed by atoms with Crippen LogP contribution in [0.15, 0.2) is 65.1 Å². The Balaban J connectivity index is 1.43. The molecule has 0 radical (unpaired) electrons. The number of hydrogen-bond donors (Lipinski definition) is 1. The number of nitrogens with one attached hydrogen (secondary N) is 1. The molecule has 1 amide bonds. The van der Waals surface area contributed by atoms with Gasteiger partial charge in [-0.3, -0.25) is 4.79 Å². The van der Waals surface area contributed by atoms with Crippen LogP contribution in [0, 0.1) is 12.8 Å². The normalized spacial score (nSPS) is 16.5. The van der Waals surface area contributed by atoms with Crippen LogP contribution >= 0.6 is 15.9 Å². The molecule has 1 aliphatic heterocycles. The van der Waals surface area contributed by atoms with Crippen LogP contribution in [-0.2, 0) is 4.79 Å². The van der Waals surface area contributed by atoms with Crippen molar-refractivity contribution in [2.45, 2.75) is 19.8 Å². The standard InChI is InChI=1S/C23H23BrN4O/c1-16-5-2-6-17(13-16)21-10-11-22(27-26-21)28-12-4-7-18(15-28)23(29)25-20-9-3-8-19(24)14-20/h2-3,5-6,8-11,13-14,18H,4,7,12,15H2,1H3,(H,25,29). The topological polar surface area (TPSA) is 58.1 Å². The molecule has 0 aliphatic carbocycles. The zero-order chi connectivity index (χ0) is 20.2. The van der Waals surface area contributed by atoms with Gasteiger partial charge in [0.2, 0.25) is 5.91 Å². The van der Waals surface area contributed by atoms with Gasteiger partial charge in [0, 0.05) is 28.8 Å². The summed E-state index contributed by atoms with van der Waals surface area (Å²) < 4.78 is 0.949. The van der Waals surface area contributed by atoms with E-state index < -0.39 is 0 Å². The van der Waals surface area contributed by atoms with E-state index >= 15 is 0 Å². The molecule has 1 aliphatic rings. The number of piperidine rings is 1. The fourth-order valence-corrected chi connectivity index (χ4v) is 4.06. The predicted molar refractivity (Wildman–Crippen MR) is 120 cm³/mol. The summed E-state index contributed by atoms with van der Waals surface area (Å²) in [6.45, 7) is 3.61. The molecule has 1 unspecified atom stereocenters. The van der Waals surface area contributed by atoms with Gasteiger partial charge >= 0.3 is 0 Å². The van der Waals surface area contributed by atoms with Gasteiger partial charge < -0.3 is 10.2 Å². The Hall–Kier alpha value is -2.73. The van der Waals surface area contributed by atoms with E-state index in [1.54, 1.807) is 0 Å². The van der Waals surface area contributed by atoms with Gasteiger partial charge in [-0.1, -0.05) is 45.8 Å². The molecule has 3 aromatic rings. The van der Waals surface area contributed by atoms with Crippen molar-refractivity contribution >= 4 is 33.3 Å². The van der Waals surface area contributed by atoms with Crippen molar-refractivity contribution in [2.24, 2.45) is 5.92 Å². The summed E-state index contributed by atoms with van der Waals surface area (Å²) >= 11 is 3.44. The first kappa shape index (κ1) is 19.6. The average Bonchev–Trinajstić information content (AvgIpc) is 2.74. The summed E-state index contributed by atoms with van der Waals surface area (Å²) in [5.74, 6) is 0.805. The molecule has 29 heavy (non-hydrogen) atoms. The lowest BCUT2D eigenvalue weighted by atomic mass is 9.97. The Labute approximate surface area is 179 Å². The maximum Gasteiger partial charge on any atom is 0.229 e. The largest absolute Gasteiger partial charge is 0.354 e. The number of aryl methyl sites for hydroxylation is 1. The third-order valence-electron chi connectivity index (χ3n) is 5.17. The van der Waals surface area contributed by atoms with Crippen LogP contribution in [0.25, 0.3) is 11.3 Å². The molecule has 1 fully saturated rings. The summed E-state index contributed by atoms with van der Waals surface area (Å²) in [5.41, 5.74) is 3.93. The lowest BCUT2D eigenvalue weighted by molar-refractivity contribution is -0.120. The van der Waals surface area contributed by atoms with E-state index in [4.69, 9.17) is 0 Å². The molecule has 6 heteroatoms. The van der Waals surface area contributed by atoms with Crippen LogP contribution < -0.4 is 10.2 Å². The molecule has 4 rings (SSSR count). The van der Waals surface area contributed by atoms with Crippen LogP contribution in [0.3, 0.4) is 0 Å². The second-order valence-corrected chi connectivity index (χ2v) is 8.35. The Morgan fingerprint density at radius 2 is 1.97 bits per heavy atom. The highest BCUT2D eigenvalue weighted by Crippen LogP contribution is 2.25. The van der Waals surface area contributed by atoms with Crippen molar-refractivity contribution in [1.29, 1.82) is 0 Å². The van der Waals surface area contributed by atoms with Gasteiger partial charge in [-0.05, 0) is 56.2 Å². The fraction of sp³-hybridized carbons (Fsp3) is 0.261. The number of aromatic nitrogens is 2. The summed E-state index contributed by atoms with van der Waals surface area (Å²) in [6, 6.07) is 19.9. The number of halogens is 1. The summed E-state index contributed by atoms with van der Waals surface area (Å²) in [6.07, 6.45) is 1.84. The Kier molecular flexibility index (Phi) is 5.90. The predicted octanol–water partition coefficient (Wildman–Crippen LogP) is 5.07. The van der Waals surface area contributed by atoms with Crippen LogP contribution in [0.5, 0.6) is 0 Å². The third kappa shape index (κ3) is 4.82. The van der Waals surface area contributed by atoms with Crippen molar-refractivity contribution in [1.82, 2.24) is 10.2 Å². The lowest BCUT2D eigenvalue weighted by Gasteiger charge is -2.32. The molecule has 148 valence electrons. The zero-order valence-electron chi connectivity index (χ0n) is 16.3. The molecule has 0 saturated carbocycles. The van der Waals surface area contributed by atoms with Gasteiger partial charge in [0.05, 0.1) is 11.6 Å². The molecule has 1 N–H and O–H groups in total. The number of carbonyl (C=O) groups excluding carboxylic acids is 1. The van der Waals surface area contributed by atoms with Crippen LogP contribution in [0.4, 0.5) is 11.5 Å². The van der Waals surface area contributed by atoms with Gasteiger partial charge in [-0.15, -0.1) is 10.2 Å². The molecule has 2 aromatic carbocycles. The van der Waals surface area contributed by atoms with Gasteiger partial charge in [0.1, 0.15) is 0 Å². The van der Waals surface area contributed by atoms with Gasteiger partial charge in [0.15, 0.2) is 5.82 Å². The second-order valence-electron chi connectivity index (χ2n) is 7.43. The Morgan fingerprint density at radius 1 is 1.10 bits per heavy atom. The molecule has 5 nitrogen and oxygen atoms in total. The maximum absolute atomic E-state index is 12.7. The minimum Gasteiger partial charge on any atom is -0.354 e. The van der Waals surface area contributed by atoms with E-state index in [2.05, 4.69) is 55.4 Å². The van der Waals surface area contributed by atoms with Crippen molar-refractivity contribution < 1.29 is 4.79 Å². The number of hydrogen-bond acceptors (Lipinski definition) is 4. The molecule has 0 bridgehead atoms. The van der Waals surface area contributed by atoms with Crippen molar-refractivity contribution in [3.63, 3.8) is 0 Å². The molecule has 1 atom stereocenters. The molecule has 2 heterocycles. The summed E-state index contributed by atoms with van der Waals surface area (Å²) in [7, 11) is 0. The maximum atomic E-state index is 12.7. The quantitative estimate of drug-likeness (QED) is 0.602. The first-order valence-electron chi connectivity index (χ1n) is 9.80. The van der Waals surface area contributed by atoms with Crippen LogP contribution in [0.2, 0.25) is 0 Å². The van der Waals surface area contributed by atoms with Gasteiger partial charge in [-0.25, -0.2) is 0 Å². The van der Waals surface area contributed by atoms with E-state index in [0.29, 0.717) is 6.54 Å². The highest BCUT2D eigenvalue weighted by atomic mass is 79.9. The van der Waals surface area contributed by atoms with Crippen molar-refractivity contribution in [2.75, 3.05) is 23.3 Å². The highest BCUT2D eigenvalue weighted by molar-refractivity contribution is 9.10.